The van der Waals surface area contributed by atoms with Crippen molar-refractivity contribution in [3.8, 4) is 0 Å². The first kappa shape index (κ1) is 8.86. The Balaban J connectivity index is -0.0000000450. The van der Waals surface area contributed by atoms with E-state index in [2.05, 4.69) is 0 Å². The standard InChI is InChI=1S/CH2O3.Zn/c2-1(3)4;/h(H2,2,3,4);/p+1. The fraction of sp³-hybridized carbons (Fsp3) is 0. The van der Waals surface area contributed by atoms with Gasteiger partial charge in [-0.3, -0.25) is 0 Å². The van der Waals surface area contributed by atoms with Crippen molar-refractivity contribution >= 4 is 6.16 Å². The second-order valence-corrected chi connectivity index (χ2v) is 0.283. The average Bonchev–Trinajstić information content (AvgIpc) is 0.811. The largest absolute Gasteiger partial charge is 1.00 e. The molecule has 0 unspecified atom stereocenters. The fourth-order valence-corrected chi connectivity index (χ4v) is 0. The Hall–Kier alpha value is -0.107. The van der Waals surface area contributed by atoms with E-state index in [9.17, 15) is 0 Å². The molecule has 0 aliphatic carbocycles. The summed E-state index contributed by atoms with van der Waals surface area (Å²) in [5.41, 5.74) is 0. The van der Waals surface area contributed by atoms with E-state index >= 15 is 0 Å². The van der Waals surface area contributed by atoms with Crippen LogP contribution in [0, 0.1) is 0 Å². The zero-order chi connectivity index (χ0) is 3.58. The summed E-state index contributed by atoms with van der Waals surface area (Å²) in [7, 11) is 0. The van der Waals surface area contributed by atoms with Crippen molar-refractivity contribution in [2.75, 3.05) is 0 Å². The summed E-state index contributed by atoms with van der Waals surface area (Å²) in [4.78, 5) is 8.56. The van der Waals surface area contributed by atoms with Crippen molar-refractivity contribution < 1.29 is 35.9 Å². The molecule has 0 spiro atoms. The van der Waals surface area contributed by atoms with E-state index in [0.29, 0.717) is 0 Å². The Morgan fingerprint density at radius 3 is 1.60 bits per heavy atom. The van der Waals surface area contributed by atoms with Gasteiger partial charge in [0.1, 0.15) is 0 Å². The molecule has 0 aliphatic heterocycles. The van der Waals surface area contributed by atoms with Crippen LogP contribution in [0.15, 0.2) is 0 Å². The van der Waals surface area contributed by atoms with Crippen LogP contribution in [0.4, 0.5) is 4.79 Å². The quantitative estimate of drug-likeness (QED) is 0.462. The van der Waals surface area contributed by atoms with E-state index in [1.54, 1.807) is 0 Å². The Kier molecular flexibility index (Phi) is 6.90. The van der Waals surface area contributed by atoms with Gasteiger partial charge in [0.15, 0.2) is 0 Å². The van der Waals surface area contributed by atoms with E-state index in [1.165, 1.54) is 0 Å². The number of carboxylic acid groups (broad SMARTS) is 2. The van der Waals surface area contributed by atoms with Crippen LogP contribution in [-0.4, -0.2) is 16.4 Å². The maximum absolute atomic E-state index is 8.56. The molecule has 0 bridgehead atoms. The minimum Gasteiger partial charge on any atom is -0.450 e. The van der Waals surface area contributed by atoms with Gasteiger partial charge in [0, 0.05) is 19.5 Å². The molecule has 5 heavy (non-hydrogen) atoms. The zero-order valence-corrected chi connectivity index (χ0v) is 5.48. The van der Waals surface area contributed by atoms with Gasteiger partial charge < -0.3 is 10.2 Å². The minimum absolute atomic E-state index is 0. The van der Waals surface area contributed by atoms with Gasteiger partial charge in [0.25, 0.3) is 0 Å². The molecule has 0 fully saturated rings. The molecule has 2 N–H and O–H groups in total. The second-order valence-electron chi connectivity index (χ2n) is 0.283. The molecular weight excluding hydrogens is 125 g/mol. The molecule has 0 aromatic carbocycles. The number of carbonyl (C=O) groups is 1. The number of hydrogen-bond donors (Lipinski definition) is 2. The van der Waals surface area contributed by atoms with Crippen LogP contribution in [0.25, 0.3) is 0 Å². The van der Waals surface area contributed by atoms with Crippen molar-refractivity contribution in [2.45, 2.75) is 0 Å². The molecule has 0 aliphatic rings. The third kappa shape index (κ3) is 1230. The Morgan fingerprint density at radius 1 is 1.60 bits per heavy atom. The van der Waals surface area contributed by atoms with E-state index in [1.807, 2.05) is 0 Å². The van der Waals surface area contributed by atoms with Gasteiger partial charge in [-0.1, -0.05) is 0 Å². The number of rotatable bonds is 0. The van der Waals surface area contributed by atoms with Gasteiger partial charge >= 0.3 is 7.58 Å². The molecule has 0 saturated heterocycles. The Morgan fingerprint density at radius 2 is 1.60 bits per heavy atom. The maximum Gasteiger partial charge on any atom is 1.00 e. The van der Waals surface area contributed by atoms with Crippen molar-refractivity contribution in [1.29, 1.82) is 0 Å². The summed E-state index contributed by atoms with van der Waals surface area (Å²) in [5.74, 6) is 0. The molecule has 0 amide bonds. The summed E-state index contributed by atoms with van der Waals surface area (Å²) in [6, 6.07) is 0. The number of hydrogen-bond acceptors (Lipinski definition) is 1. The van der Waals surface area contributed by atoms with Gasteiger partial charge in [-0.15, -0.1) is 0 Å². The first-order chi connectivity index (χ1) is 1.73. The van der Waals surface area contributed by atoms with E-state index in [4.69, 9.17) is 15.0 Å². The van der Waals surface area contributed by atoms with Gasteiger partial charge in [-0.05, 0) is 0 Å². The predicted octanol–water partition coefficient (Wildman–Crippen LogP) is 0.332. The van der Waals surface area contributed by atoms with E-state index < -0.39 is 6.16 Å². The summed E-state index contributed by atoms with van der Waals surface area (Å²) < 4.78 is 0. The molecule has 0 aromatic heterocycles. The summed E-state index contributed by atoms with van der Waals surface area (Å²) in [6.07, 6.45) is -1.83. The molecule has 0 saturated carbocycles. The average molecular weight is 128 g/mol. The van der Waals surface area contributed by atoms with Gasteiger partial charge in [0.2, 0.25) is 0 Å². The second kappa shape index (κ2) is 3.89. The molecule has 0 radical (unpaired) electrons. The molecule has 26 valence electrons. The normalized spacial score (nSPS) is 4.80. The molecule has 3 nitrogen and oxygen atoms in total. The molecule has 0 aromatic rings. The molecule has 0 heterocycles. The first-order valence-electron chi connectivity index (χ1n) is 0.651. The Bertz CT molecular complexity index is 33.8. The van der Waals surface area contributed by atoms with Gasteiger partial charge in [-0.25, -0.2) is 4.79 Å². The van der Waals surface area contributed by atoms with Crippen molar-refractivity contribution in [1.82, 2.24) is 0 Å². The van der Waals surface area contributed by atoms with E-state index in [0.717, 1.165) is 0 Å². The molecule has 0 rings (SSSR count). The van der Waals surface area contributed by atoms with Crippen LogP contribution in [0.3, 0.4) is 0 Å². The summed E-state index contributed by atoms with van der Waals surface area (Å²) in [5, 5.41) is 13.9. The summed E-state index contributed by atoms with van der Waals surface area (Å²) >= 11 is 0. The SMILES string of the molecule is O=C(O)O.[H+].[Zn]. The van der Waals surface area contributed by atoms with Crippen LogP contribution >= 0.6 is 0 Å². The van der Waals surface area contributed by atoms with Crippen LogP contribution in [0.5, 0.6) is 0 Å². The van der Waals surface area contributed by atoms with Crippen molar-refractivity contribution in [2.24, 2.45) is 0 Å². The van der Waals surface area contributed by atoms with Crippen LogP contribution in [0.2, 0.25) is 0 Å². The maximum atomic E-state index is 8.56. The van der Waals surface area contributed by atoms with Crippen molar-refractivity contribution in [3.05, 3.63) is 0 Å². The monoisotopic (exact) mass is 127 g/mol. The first-order valence-corrected chi connectivity index (χ1v) is 0.651. The Labute approximate surface area is 42.9 Å². The minimum atomic E-state index is -1.83. The smallest absolute Gasteiger partial charge is 0.450 e. The topological polar surface area (TPSA) is 57.5 Å². The van der Waals surface area contributed by atoms with Crippen LogP contribution < -0.4 is 0 Å². The third-order valence-electron chi connectivity index (χ3n) is 0. The van der Waals surface area contributed by atoms with Crippen molar-refractivity contribution in [3.63, 3.8) is 0 Å². The van der Waals surface area contributed by atoms with Crippen LogP contribution in [0.1, 0.15) is 1.43 Å². The predicted molar refractivity (Wildman–Crippen MR) is 11.8 cm³/mol. The molecule has 0 atom stereocenters. The van der Waals surface area contributed by atoms with Gasteiger partial charge in [-0.2, -0.15) is 0 Å². The zero-order valence-electron chi connectivity index (χ0n) is 3.51. The molecule has 4 heteroatoms. The van der Waals surface area contributed by atoms with Gasteiger partial charge in [0.05, 0.1) is 0 Å². The fourth-order valence-electron chi connectivity index (χ4n) is 0. The van der Waals surface area contributed by atoms with E-state index in [-0.39, 0.29) is 20.9 Å². The molecular formula is CH3O3Zn+. The third-order valence-corrected chi connectivity index (χ3v) is 0. The summed E-state index contributed by atoms with van der Waals surface area (Å²) in [6.45, 7) is 0. The van der Waals surface area contributed by atoms with Crippen LogP contribution in [-0.2, 0) is 19.5 Å².